The minimum absolute atomic E-state index is 0.135. The molecule has 0 fully saturated rings. The summed E-state index contributed by atoms with van der Waals surface area (Å²) in [7, 11) is -3.84. The lowest BCUT2D eigenvalue weighted by atomic mass is 10.1. The average Bonchev–Trinajstić information content (AvgIpc) is 3.20. The molecule has 3 aromatic rings. The third kappa shape index (κ3) is 5.03. The van der Waals surface area contributed by atoms with Crippen molar-refractivity contribution in [2.45, 2.75) is 23.6 Å². The van der Waals surface area contributed by atoms with E-state index < -0.39 is 27.8 Å². The molecule has 1 amide bonds. The van der Waals surface area contributed by atoms with Gasteiger partial charge in [-0.3, -0.25) is 4.79 Å². The first-order valence-electron chi connectivity index (χ1n) is 8.52. The Balaban J connectivity index is 1.85. The van der Waals surface area contributed by atoms with Crippen molar-refractivity contribution in [2.75, 3.05) is 5.32 Å². The highest BCUT2D eigenvalue weighted by Crippen LogP contribution is 2.19. The van der Waals surface area contributed by atoms with Gasteiger partial charge in [-0.1, -0.05) is 36.4 Å². The number of thiophene rings is 1. The van der Waals surface area contributed by atoms with Crippen LogP contribution in [0.25, 0.3) is 0 Å². The number of carbonyl (C=O) groups is 1. The molecule has 1 heterocycles. The molecule has 0 radical (unpaired) electrons. The molecule has 0 aliphatic carbocycles. The van der Waals surface area contributed by atoms with Crippen LogP contribution in [0.4, 0.5) is 10.1 Å². The molecular weight excluding hydrogens is 399 g/mol. The SMILES string of the molecule is Cc1cc(F)ccc1NC(=O)C(Cc1ccccc1)NS(=O)(=O)c1cccs1. The Morgan fingerprint density at radius 2 is 1.86 bits per heavy atom. The van der Waals surface area contributed by atoms with E-state index in [-0.39, 0.29) is 10.6 Å². The molecule has 0 aliphatic rings. The van der Waals surface area contributed by atoms with E-state index in [2.05, 4.69) is 10.0 Å². The Labute approximate surface area is 167 Å². The van der Waals surface area contributed by atoms with E-state index in [1.54, 1.807) is 18.4 Å². The number of anilines is 1. The van der Waals surface area contributed by atoms with Gasteiger partial charge in [0, 0.05) is 5.69 Å². The summed E-state index contributed by atoms with van der Waals surface area (Å²) in [6, 6.07) is 15.2. The summed E-state index contributed by atoms with van der Waals surface area (Å²) in [5.41, 5.74) is 1.79. The third-order valence-corrected chi connectivity index (χ3v) is 6.97. The van der Waals surface area contributed by atoms with Gasteiger partial charge in [0.25, 0.3) is 10.0 Å². The van der Waals surface area contributed by atoms with E-state index in [0.29, 0.717) is 11.3 Å². The molecule has 0 saturated heterocycles. The van der Waals surface area contributed by atoms with Crippen molar-refractivity contribution in [3.63, 3.8) is 0 Å². The molecule has 0 aliphatic heterocycles. The van der Waals surface area contributed by atoms with Crippen LogP contribution in [0.5, 0.6) is 0 Å². The number of nitrogens with one attached hydrogen (secondary N) is 2. The van der Waals surface area contributed by atoms with Gasteiger partial charge in [-0.25, -0.2) is 12.8 Å². The molecule has 0 bridgehead atoms. The fourth-order valence-electron chi connectivity index (χ4n) is 2.69. The number of hydrogen-bond donors (Lipinski definition) is 2. The largest absolute Gasteiger partial charge is 0.324 e. The van der Waals surface area contributed by atoms with Gasteiger partial charge in [0.2, 0.25) is 5.91 Å². The summed E-state index contributed by atoms with van der Waals surface area (Å²) < 4.78 is 41.2. The summed E-state index contributed by atoms with van der Waals surface area (Å²) in [5, 5.41) is 4.35. The summed E-state index contributed by atoms with van der Waals surface area (Å²) >= 11 is 1.07. The molecule has 8 heteroatoms. The first kappa shape index (κ1) is 20.2. The minimum atomic E-state index is -3.84. The van der Waals surface area contributed by atoms with Crippen molar-refractivity contribution in [2.24, 2.45) is 0 Å². The van der Waals surface area contributed by atoms with Crippen LogP contribution in [0.3, 0.4) is 0 Å². The van der Waals surface area contributed by atoms with Gasteiger partial charge in [0.15, 0.2) is 0 Å². The van der Waals surface area contributed by atoms with E-state index in [4.69, 9.17) is 0 Å². The second kappa shape index (κ2) is 8.64. The Morgan fingerprint density at radius 3 is 2.50 bits per heavy atom. The van der Waals surface area contributed by atoms with Gasteiger partial charge in [-0.2, -0.15) is 4.72 Å². The van der Waals surface area contributed by atoms with Crippen molar-refractivity contribution in [1.82, 2.24) is 4.72 Å². The second-order valence-electron chi connectivity index (χ2n) is 6.24. The van der Waals surface area contributed by atoms with E-state index in [9.17, 15) is 17.6 Å². The van der Waals surface area contributed by atoms with Crippen LogP contribution < -0.4 is 10.0 Å². The summed E-state index contributed by atoms with van der Waals surface area (Å²) in [5.74, 6) is -0.923. The molecule has 146 valence electrons. The fraction of sp³-hybridized carbons (Fsp3) is 0.150. The zero-order valence-electron chi connectivity index (χ0n) is 15.1. The molecule has 2 N–H and O–H groups in total. The Hall–Kier alpha value is -2.55. The monoisotopic (exact) mass is 418 g/mol. The normalized spacial score (nSPS) is 12.5. The van der Waals surface area contributed by atoms with Gasteiger partial charge >= 0.3 is 0 Å². The zero-order chi connectivity index (χ0) is 20.1. The first-order chi connectivity index (χ1) is 13.3. The third-order valence-electron chi connectivity index (χ3n) is 4.10. The highest BCUT2D eigenvalue weighted by molar-refractivity contribution is 7.91. The molecular formula is C20H19FN2O3S2. The highest BCUT2D eigenvalue weighted by atomic mass is 32.2. The number of aryl methyl sites for hydroxylation is 1. The van der Waals surface area contributed by atoms with Crippen LogP contribution in [-0.4, -0.2) is 20.4 Å². The molecule has 3 rings (SSSR count). The molecule has 0 spiro atoms. The predicted octanol–water partition coefficient (Wildman–Crippen LogP) is 3.72. The lowest BCUT2D eigenvalue weighted by Crippen LogP contribution is -2.45. The Morgan fingerprint density at radius 1 is 1.11 bits per heavy atom. The molecule has 1 unspecified atom stereocenters. The number of sulfonamides is 1. The number of rotatable bonds is 7. The lowest BCUT2D eigenvalue weighted by Gasteiger charge is -2.19. The highest BCUT2D eigenvalue weighted by Gasteiger charge is 2.27. The summed E-state index contributed by atoms with van der Waals surface area (Å²) in [6.07, 6.45) is 0.178. The van der Waals surface area contributed by atoms with Gasteiger partial charge in [-0.15, -0.1) is 11.3 Å². The number of amides is 1. The standard InChI is InChI=1S/C20H19FN2O3S2/c1-14-12-16(21)9-10-17(14)22-20(24)18(13-15-6-3-2-4-7-15)23-28(25,26)19-8-5-11-27-19/h2-12,18,23H,13H2,1H3,(H,22,24). The number of hydrogen-bond acceptors (Lipinski definition) is 4. The second-order valence-corrected chi connectivity index (χ2v) is 9.13. The zero-order valence-corrected chi connectivity index (χ0v) is 16.7. The fourth-order valence-corrected chi connectivity index (χ4v) is 4.89. The van der Waals surface area contributed by atoms with Crippen molar-refractivity contribution in [1.29, 1.82) is 0 Å². The Bertz CT molecular complexity index is 1050. The number of halogens is 1. The average molecular weight is 419 g/mol. The van der Waals surface area contributed by atoms with Gasteiger partial charge in [0.1, 0.15) is 16.1 Å². The van der Waals surface area contributed by atoms with E-state index >= 15 is 0 Å². The molecule has 1 atom stereocenters. The van der Waals surface area contributed by atoms with Crippen LogP contribution in [0, 0.1) is 12.7 Å². The smallest absolute Gasteiger partial charge is 0.250 e. The van der Waals surface area contributed by atoms with Crippen molar-refractivity contribution >= 4 is 33.0 Å². The molecule has 2 aromatic carbocycles. The van der Waals surface area contributed by atoms with Crippen molar-refractivity contribution in [3.05, 3.63) is 83.0 Å². The van der Waals surface area contributed by atoms with Gasteiger partial charge in [0.05, 0.1) is 0 Å². The lowest BCUT2D eigenvalue weighted by molar-refractivity contribution is -0.117. The maximum absolute atomic E-state index is 13.3. The molecule has 5 nitrogen and oxygen atoms in total. The van der Waals surface area contributed by atoms with Crippen LogP contribution in [0.15, 0.2) is 70.3 Å². The quantitative estimate of drug-likeness (QED) is 0.614. The predicted molar refractivity (Wildman–Crippen MR) is 108 cm³/mol. The van der Waals surface area contributed by atoms with Crippen LogP contribution >= 0.6 is 11.3 Å². The Kier molecular flexibility index (Phi) is 6.23. The number of benzene rings is 2. The van der Waals surface area contributed by atoms with Gasteiger partial charge < -0.3 is 5.32 Å². The molecule has 0 saturated carbocycles. The van der Waals surface area contributed by atoms with Crippen LogP contribution in [0.2, 0.25) is 0 Å². The minimum Gasteiger partial charge on any atom is -0.324 e. The molecule has 28 heavy (non-hydrogen) atoms. The van der Waals surface area contributed by atoms with Crippen molar-refractivity contribution < 1.29 is 17.6 Å². The van der Waals surface area contributed by atoms with Crippen LogP contribution in [-0.2, 0) is 21.2 Å². The topological polar surface area (TPSA) is 75.3 Å². The number of carbonyl (C=O) groups excluding carboxylic acids is 1. The molecule has 1 aromatic heterocycles. The maximum Gasteiger partial charge on any atom is 0.250 e. The first-order valence-corrected chi connectivity index (χ1v) is 10.9. The summed E-state index contributed by atoms with van der Waals surface area (Å²) in [4.78, 5) is 12.9. The van der Waals surface area contributed by atoms with Crippen LogP contribution in [0.1, 0.15) is 11.1 Å². The summed E-state index contributed by atoms with van der Waals surface area (Å²) in [6.45, 7) is 1.67. The van der Waals surface area contributed by atoms with E-state index in [1.807, 2.05) is 30.3 Å². The van der Waals surface area contributed by atoms with E-state index in [1.165, 1.54) is 24.3 Å². The maximum atomic E-state index is 13.3. The van der Waals surface area contributed by atoms with E-state index in [0.717, 1.165) is 16.9 Å². The van der Waals surface area contributed by atoms with Gasteiger partial charge in [-0.05, 0) is 54.1 Å². The van der Waals surface area contributed by atoms with Crippen molar-refractivity contribution in [3.8, 4) is 0 Å².